The summed E-state index contributed by atoms with van der Waals surface area (Å²) in [4.78, 5) is 34.6. The lowest BCUT2D eigenvalue weighted by atomic mass is 10.2. The zero-order valence-corrected chi connectivity index (χ0v) is 16.5. The average molecular weight is 381 g/mol. The predicted molar refractivity (Wildman–Crippen MR) is 110 cm³/mol. The Morgan fingerprint density at radius 1 is 1.04 bits per heavy atom. The minimum atomic E-state index is -0.621. The van der Waals surface area contributed by atoms with E-state index in [2.05, 4.69) is 27.1 Å². The molecule has 0 radical (unpaired) electrons. The number of rotatable bonds is 5. The van der Waals surface area contributed by atoms with E-state index in [-0.39, 0.29) is 0 Å². The van der Waals surface area contributed by atoms with Gasteiger partial charge in [0, 0.05) is 63.5 Å². The molecule has 7 heteroatoms. The normalized spacial score (nSPS) is 14.6. The predicted octanol–water partition coefficient (Wildman–Crippen LogP) is 1.47. The summed E-state index contributed by atoms with van der Waals surface area (Å²) in [5.41, 5.74) is 2.83. The average Bonchev–Trinajstić information content (AvgIpc) is 2.73. The van der Waals surface area contributed by atoms with Gasteiger partial charge in [-0.05, 0) is 55.4 Å². The first-order valence-corrected chi connectivity index (χ1v) is 9.52. The number of aromatic nitrogens is 1. The number of piperazine rings is 1. The minimum Gasteiger partial charge on any atom is -0.369 e. The highest BCUT2D eigenvalue weighted by atomic mass is 16.2. The van der Waals surface area contributed by atoms with Crippen molar-refractivity contribution >= 4 is 23.2 Å². The van der Waals surface area contributed by atoms with Crippen molar-refractivity contribution in [3.8, 4) is 0 Å². The summed E-state index contributed by atoms with van der Waals surface area (Å²) in [5, 5.41) is 2.69. The van der Waals surface area contributed by atoms with Crippen LogP contribution in [0.2, 0.25) is 0 Å². The van der Waals surface area contributed by atoms with E-state index >= 15 is 0 Å². The summed E-state index contributed by atoms with van der Waals surface area (Å²) in [7, 11) is 3.76. The summed E-state index contributed by atoms with van der Waals surface area (Å²) in [5.74, 6) is -1.17. The second-order valence-corrected chi connectivity index (χ2v) is 7.12. The molecule has 2 heterocycles. The third-order valence-corrected chi connectivity index (χ3v) is 5.02. The van der Waals surface area contributed by atoms with E-state index in [4.69, 9.17) is 0 Å². The number of anilines is 2. The Labute approximate surface area is 166 Å². The Hall–Kier alpha value is -2.93. The van der Waals surface area contributed by atoms with E-state index in [1.54, 1.807) is 19.4 Å². The maximum atomic E-state index is 12.3. The largest absolute Gasteiger partial charge is 0.369 e. The Bertz CT molecular complexity index is 786. The summed E-state index contributed by atoms with van der Waals surface area (Å²) in [6.45, 7) is 4.53. The number of benzene rings is 1. The molecule has 1 aromatic carbocycles. The lowest BCUT2D eigenvalue weighted by Crippen LogP contribution is -2.44. The van der Waals surface area contributed by atoms with Gasteiger partial charge in [-0.25, -0.2) is 0 Å². The van der Waals surface area contributed by atoms with Gasteiger partial charge in [-0.2, -0.15) is 0 Å². The highest BCUT2D eigenvalue weighted by Gasteiger charge is 2.19. The first kappa shape index (κ1) is 19.8. The van der Waals surface area contributed by atoms with Crippen molar-refractivity contribution in [2.24, 2.45) is 0 Å². The fraction of sp³-hybridized carbons (Fsp3) is 0.381. The van der Waals surface area contributed by atoms with Crippen LogP contribution in [0, 0.1) is 0 Å². The number of nitrogens with one attached hydrogen (secondary N) is 1. The maximum Gasteiger partial charge on any atom is 0.313 e. The van der Waals surface area contributed by atoms with E-state index in [9.17, 15) is 9.59 Å². The van der Waals surface area contributed by atoms with Gasteiger partial charge in [-0.15, -0.1) is 0 Å². The van der Waals surface area contributed by atoms with E-state index in [0.29, 0.717) is 18.7 Å². The minimum absolute atomic E-state index is 0.471. The van der Waals surface area contributed by atoms with Gasteiger partial charge in [-0.1, -0.05) is 0 Å². The molecule has 7 nitrogen and oxygen atoms in total. The second kappa shape index (κ2) is 9.32. The smallest absolute Gasteiger partial charge is 0.313 e. The molecule has 0 atom stereocenters. The molecule has 1 aliphatic heterocycles. The number of carbonyl (C=O) groups is 2. The Balaban J connectivity index is 1.50. The van der Waals surface area contributed by atoms with Gasteiger partial charge in [0.05, 0.1) is 0 Å². The number of pyridine rings is 1. The van der Waals surface area contributed by atoms with Crippen molar-refractivity contribution in [2.75, 3.05) is 57.0 Å². The van der Waals surface area contributed by atoms with E-state index < -0.39 is 11.8 Å². The van der Waals surface area contributed by atoms with Gasteiger partial charge in [0.1, 0.15) is 0 Å². The molecule has 1 N–H and O–H groups in total. The molecule has 2 aromatic rings. The van der Waals surface area contributed by atoms with Crippen LogP contribution in [-0.4, -0.2) is 73.4 Å². The molecule has 2 amide bonds. The third-order valence-electron chi connectivity index (χ3n) is 5.02. The SMILES string of the molecule is CN1CCN(c2ccc(NC(=O)C(=O)N(C)CCc3ccncc3)cc2)CC1. The Morgan fingerprint density at radius 2 is 1.68 bits per heavy atom. The number of hydrogen-bond donors (Lipinski definition) is 1. The number of likely N-dealkylation sites (N-methyl/N-ethyl adjacent to an activating group) is 2. The zero-order chi connectivity index (χ0) is 19.9. The standard InChI is InChI=1S/C21H27N5O2/c1-24-13-15-26(16-14-24)19-5-3-18(4-6-19)23-20(27)21(28)25(2)12-9-17-7-10-22-11-8-17/h3-8,10-11H,9,12-16H2,1-2H3,(H,23,27). The maximum absolute atomic E-state index is 12.3. The molecule has 0 saturated carbocycles. The molecule has 0 bridgehead atoms. The van der Waals surface area contributed by atoms with Crippen LogP contribution in [0.5, 0.6) is 0 Å². The summed E-state index contributed by atoms with van der Waals surface area (Å²) < 4.78 is 0. The fourth-order valence-electron chi connectivity index (χ4n) is 3.13. The fourth-order valence-corrected chi connectivity index (χ4v) is 3.13. The number of amides is 2. The molecule has 1 aliphatic rings. The topological polar surface area (TPSA) is 68.8 Å². The third kappa shape index (κ3) is 5.29. The van der Waals surface area contributed by atoms with Crippen LogP contribution in [0.25, 0.3) is 0 Å². The first-order valence-electron chi connectivity index (χ1n) is 9.52. The van der Waals surface area contributed by atoms with Gasteiger partial charge >= 0.3 is 11.8 Å². The molecule has 28 heavy (non-hydrogen) atoms. The van der Waals surface area contributed by atoms with Crippen LogP contribution in [-0.2, 0) is 16.0 Å². The molecule has 1 fully saturated rings. The molecule has 0 aliphatic carbocycles. The molecule has 148 valence electrons. The van der Waals surface area contributed by atoms with Gasteiger partial charge in [0.2, 0.25) is 0 Å². The Kier molecular flexibility index (Phi) is 6.60. The van der Waals surface area contributed by atoms with Crippen molar-refractivity contribution in [1.29, 1.82) is 0 Å². The molecule has 3 rings (SSSR count). The van der Waals surface area contributed by atoms with Crippen LogP contribution in [0.4, 0.5) is 11.4 Å². The monoisotopic (exact) mass is 381 g/mol. The van der Waals surface area contributed by atoms with Crippen molar-refractivity contribution in [2.45, 2.75) is 6.42 Å². The lowest BCUT2D eigenvalue weighted by molar-refractivity contribution is -0.142. The van der Waals surface area contributed by atoms with Crippen LogP contribution < -0.4 is 10.2 Å². The highest BCUT2D eigenvalue weighted by Crippen LogP contribution is 2.19. The van der Waals surface area contributed by atoms with Crippen LogP contribution in [0.15, 0.2) is 48.8 Å². The van der Waals surface area contributed by atoms with Gasteiger partial charge in [0.15, 0.2) is 0 Å². The number of nitrogens with zero attached hydrogens (tertiary/aromatic N) is 4. The molecule has 0 spiro atoms. The van der Waals surface area contributed by atoms with Crippen molar-refractivity contribution in [3.05, 3.63) is 54.4 Å². The molecule has 1 saturated heterocycles. The van der Waals surface area contributed by atoms with E-state index in [0.717, 1.165) is 37.4 Å². The van der Waals surface area contributed by atoms with Gasteiger partial charge in [-0.3, -0.25) is 14.6 Å². The van der Waals surface area contributed by atoms with Crippen molar-refractivity contribution in [1.82, 2.24) is 14.8 Å². The Morgan fingerprint density at radius 3 is 2.32 bits per heavy atom. The van der Waals surface area contributed by atoms with Crippen LogP contribution >= 0.6 is 0 Å². The van der Waals surface area contributed by atoms with Gasteiger partial charge < -0.3 is 20.0 Å². The molecule has 0 unspecified atom stereocenters. The second-order valence-electron chi connectivity index (χ2n) is 7.12. The molecular weight excluding hydrogens is 354 g/mol. The van der Waals surface area contributed by atoms with Crippen molar-refractivity contribution in [3.63, 3.8) is 0 Å². The lowest BCUT2D eigenvalue weighted by Gasteiger charge is -2.34. The zero-order valence-electron chi connectivity index (χ0n) is 16.5. The molecular formula is C21H27N5O2. The van der Waals surface area contributed by atoms with E-state index in [1.165, 1.54) is 4.90 Å². The van der Waals surface area contributed by atoms with Crippen LogP contribution in [0.3, 0.4) is 0 Å². The molecule has 1 aromatic heterocycles. The number of hydrogen-bond acceptors (Lipinski definition) is 5. The van der Waals surface area contributed by atoms with E-state index in [1.807, 2.05) is 36.4 Å². The van der Waals surface area contributed by atoms with Gasteiger partial charge in [0.25, 0.3) is 0 Å². The highest BCUT2D eigenvalue weighted by molar-refractivity contribution is 6.39. The van der Waals surface area contributed by atoms with Crippen molar-refractivity contribution < 1.29 is 9.59 Å². The first-order chi connectivity index (χ1) is 13.5. The quantitative estimate of drug-likeness (QED) is 0.795. The summed E-state index contributed by atoms with van der Waals surface area (Å²) >= 11 is 0. The van der Waals surface area contributed by atoms with Crippen LogP contribution in [0.1, 0.15) is 5.56 Å². The summed E-state index contributed by atoms with van der Waals surface area (Å²) in [6.07, 6.45) is 4.11. The summed E-state index contributed by atoms with van der Waals surface area (Å²) in [6, 6.07) is 11.5. The number of carbonyl (C=O) groups excluding carboxylic acids is 2.